The van der Waals surface area contributed by atoms with Gasteiger partial charge in [-0.05, 0) is 58.2 Å². The molecule has 1 heterocycles. The summed E-state index contributed by atoms with van der Waals surface area (Å²) in [5.74, 6) is 0.580. The number of rotatable bonds is 4. The van der Waals surface area contributed by atoms with Crippen LogP contribution in [-0.4, -0.2) is 18.0 Å². The molecule has 2 rings (SSSR count). The zero-order valence-electron chi connectivity index (χ0n) is 11.3. The molecule has 4 nitrogen and oxygen atoms in total. The van der Waals surface area contributed by atoms with Crippen LogP contribution in [-0.2, 0) is 6.54 Å². The van der Waals surface area contributed by atoms with Gasteiger partial charge in [0.15, 0.2) is 0 Å². The number of nitrogens with zero attached hydrogens (tertiary/aromatic N) is 1. The van der Waals surface area contributed by atoms with E-state index in [1.165, 1.54) is 0 Å². The lowest BCUT2D eigenvalue weighted by Gasteiger charge is -2.09. The summed E-state index contributed by atoms with van der Waals surface area (Å²) in [6.45, 7) is 2.45. The number of amides is 1. The number of halogens is 1. The van der Waals surface area contributed by atoms with E-state index < -0.39 is 0 Å². The molecule has 0 aliphatic rings. The van der Waals surface area contributed by atoms with E-state index in [1.807, 2.05) is 13.0 Å². The quantitative estimate of drug-likeness (QED) is 0.934. The number of pyridine rings is 1. The van der Waals surface area contributed by atoms with Crippen molar-refractivity contribution in [1.29, 1.82) is 0 Å². The van der Waals surface area contributed by atoms with E-state index in [-0.39, 0.29) is 5.91 Å². The molecule has 0 bridgehead atoms. The van der Waals surface area contributed by atoms with E-state index in [0.717, 1.165) is 15.6 Å². The number of hydrogen-bond donors (Lipinski definition) is 1. The minimum atomic E-state index is -0.121. The van der Waals surface area contributed by atoms with Crippen LogP contribution in [0.2, 0.25) is 0 Å². The van der Waals surface area contributed by atoms with E-state index in [4.69, 9.17) is 4.74 Å². The van der Waals surface area contributed by atoms with Crippen LogP contribution in [0, 0.1) is 6.92 Å². The van der Waals surface area contributed by atoms with Crippen LogP contribution in [0.3, 0.4) is 0 Å². The highest BCUT2D eigenvalue weighted by molar-refractivity contribution is 9.10. The smallest absolute Gasteiger partial charge is 0.251 e. The maximum absolute atomic E-state index is 12.1. The Kier molecular flexibility index (Phi) is 4.74. The number of ether oxygens (including phenoxy) is 1. The summed E-state index contributed by atoms with van der Waals surface area (Å²) in [7, 11) is 1.59. The minimum absolute atomic E-state index is 0.121. The summed E-state index contributed by atoms with van der Waals surface area (Å²) < 4.78 is 5.90. The lowest BCUT2D eigenvalue weighted by molar-refractivity contribution is 0.0951. The second-order valence-corrected chi connectivity index (χ2v) is 5.19. The van der Waals surface area contributed by atoms with Crippen molar-refractivity contribution in [3.05, 3.63) is 57.8 Å². The normalized spacial score (nSPS) is 10.2. The van der Waals surface area contributed by atoms with Crippen LogP contribution in [0.5, 0.6) is 5.75 Å². The Morgan fingerprint density at radius 1 is 1.40 bits per heavy atom. The molecule has 104 valence electrons. The van der Waals surface area contributed by atoms with Crippen LogP contribution < -0.4 is 10.1 Å². The number of nitrogens with one attached hydrogen (secondary N) is 1. The van der Waals surface area contributed by atoms with Gasteiger partial charge in [-0.2, -0.15) is 0 Å². The van der Waals surface area contributed by atoms with Crippen molar-refractivity contribution < 1.29 is 9.53 Å². The molecule has 0 fully saturated rings. The van der Waals surface area contributed by atoms with Crippen LogP contribution in [0.25, 0.3) is 0 Å². The predicted octanol–water partition coefficient (Wildman–Crippen LogP) is 3.09. The van der Waals surface area contributed by atoms with E-state index in [2.05, 4.69) is 26.2 Å². The van der Waals surface area contributed by atoms with Gasteiger partial charge in [0.05, 0.1) is 11.6 Å². The van der Waals surface area contributed by atoms with Gasteiger partial charge in [-0.15, -0.1) is 0 Å². The fourth-order valence-electron chi connectivity index (χ4n) is 1.79. The van der Waals surface area contributed by atoms with Gasteiger partial charge in [0.25, 0.3) is 5.91 Å². The maximum atomic E-state index is 12.1. The molecule has 20 heavy (non-hydrogen) atoms. The molecule has 0 aliphatic carbocycles. The van der Waals surface area contributed by atoms with Crippen molar-refractivity contribution in [2.24, 2.45) is 0 Å². The van der Waals surface area contributed by atoms with Gasteiger partial charge in [-0.3, -0.25) is 9.78 Å². The Labute approximate surface area is 126 Å². The van der Waals surface area contributed by atoms with Gasteiger partial charge in [0.1, 0.15) is 5.75 Å². The second kappa shape index (κ2) is 6.52. The Hall–Kier alpha value is -1.88. The third kappa shape index (κ3) is 3.36. The molecule has 0 saturated carbocycles. The van der Waals surface area contributed by atoms with E-state index in [1.54, 1.807) is 37.7 Å². The molecule has 0 atom stereocenters. The average Bonchev–Trinajstić information content (AvgIpc) is 2.46. The van der Waals surface area contributed by atoms with Gasteiger partial charge in [0, 0.05) is 24.5 Å². The van der Waals surface area contributed by atoms with Crippen molar-refractivity contribution in [3.8, 4) is 5.75 Å². The Bertz CT molecular complexity index is 629. The first-order valence-electron chi connectivity index (χ1n) is 6.13. The molecule has 0 aliphatic heterocycles. The van der Waals surface area contributed by atoms with E-state index in [9.17, 15) is 4.79 Å². The summed E-state index contributed by atoms with van der Waals surface area (Å²) >= 11 is 3.37. The van der Waals surface area contributed by atoms with Crippen LogP contribution in [0.1, 0.15) is 21.5 Å². The highest BCUT2D eigenvalue weighted by atomic mass is 79.9. The number of benzene rings is 1. The first kappa shape index (κ1) is 14.5. The maximum Gasteiger partial charge on any atom is 0.251 e. The summed E-state index contributed by atoms with van der Waals surface area (Å²) in [5, 5.41) is 2.89. The van der Waals surface area contributed by atoms with Crippen molar-refractivity contribution >= 4 is 21.8 Å². The minimum Gasteiger partial charge on any atom is -0.496 e. The Morgan fingerprint density at radius 2 is 2.20 bits per heavy atom. The Morgan fingerprint density at radius 3 is 2.85 bits per heavy atom. The molecular weight excluding hydrogens is 320 g/mol. The fourth-order valence-corrected chi connectivity index (χ4v) is 2.33. The zero-order valence-corrected chi connectivity index (χ0v) is 12.9. The lowest BCUT2D eigenvalue weighted by atomic mass is 10.1. The van der Waals surface area contributed by atoms with Crippen LogP contribution in [0.15, 0.2) is 41.1 Å². The number of aryl methyl sites for hydroxylation is 1. The van der Waals surface area contributed by atoms with Crippen molar-refractivity contribution in [2.45, 2.75) is 13.5 Å². The van der Waals surface area contributed by atoms with Crippen LogP contribution >= 0.6 is 15.9 Å². The summed E-state index contributed by atoms with van der Waals surface area (Å²) in [4.78, 5) is 16.1. The monoisotopic (exact) mass is 334 g/mol. The Balaban J connectivity index is 2.05. The van der Waals surface area contributed by atoms with E-state index >= 15 is 0 Å². The van der Waals surface area contributed by atoms with Gasteiger partial charge < -0.3 is 10.1 Å². The highest BCUT2D eigenvalue weighted by Crippen LogP contribution is 2.25. The molecule has 1 aromatic carbocycles. The standard InChI is InChI=1S/C15H15BrN2O2/c1-10-8-17-6-5-12(10)9-18-15(19)11-3-4-14(20-2)13(16)7-11/h3-8H,9H2,1-2H3,(H,18,19). The summed E-state index contributed by atoms with van der Waals surface area (Å²) in [5.41, 5.74) is 2.70. The van der Waals surface area contributed by atoms with E-state index in [0.29, 0.717) is 17.9 Å². The topological polar surface area (TPSA) is 51.2 Å². The second-order valence-electron chi connectivity index (χ2n) is 4.33. The molecule has 0 spiro atoms. The largest absolute Gasteiger partial charge is 0.496 e. The molecule has 0 radical (unpaired) electrons. The molecule has 2 aromatic rings. The van der Waals surface area contributed by atoms with Crippen LogP contribution in [0.4, 0.5) is 0 Å². The average molecular weight is 335 g/mol. The molecule has 0 saturated heterocycles. The summed E-state index contributed by atoms with van der Waals surface area (Å²) in [6, 6.07) is 7.14. The highest BCUT2D eigenvalue weighted by Gasteiger charge is 2.09. The van der Waals surface area contributed by atoms with Gasteiger partial charge >= 0.3 is 0 Å². The van der Waals surface area contributed by atoms with Gasteiger partial charge in [-0.25, -0.2) is 0 Å². The van der Waals surface area contributed by atoms with Crippen molar-refractivity contribution in [3.63, 3.8) is 0 Å². The molecular formula is C15H15BrN2O2. The lowest BCUT2D eigenvalue weighted by Crippen LogP contribution is -2.23. The summed E-state index contributed by atoms with van der Waals surface area (Å²) in [6.07, 6.45) is 3.50. The molecule has 0 unspecified atom stereocenters. The molecule has 5 heteroatoms. The first-order valence-corrected chi connectivity index (χ1v) is 6.92. The number of methoxy groups -OCH3 is 1. The fraction of sp³-hybridized carbons (Fsp3) is 0.200. The number of carbonyl (C=O) groups is 1. The first-order chi connectivity index (χ1) is 9.61. The SMILES string of the molecule is COc1ccc(C(=O)NCc2ccncc2C)cc1Br. The van der Waals surface area contributed by atoms with Gasteiger partial charge in [0.2, 0.25) is 0 Å². The molecule has 1 amide bonds. The molecule has 1 N–H and O–H groups in total. The predicted molar refractivity (Wildman–Crippen MR) is 80.8 cm³/mol. The van der Waals surface area contributed by atoms with Crippen molar-refractivity contribution in [2.75, 3.05) is 7.11 Å². The third-order valence-corrected chi connectivity index (χ3v) is 3.61. The number of aromatic nitrogens is 1. The molecule has 1 aromatic heterocycles. The number of hydrogen-bond acceptors (Lipinski definition) is 3. The third-order valence-electron chi connectivity index (χ3n) is 2.99. The van der Waals surface area contributed by atoms with Crippen molar-refractivity contribution in [1.82, 2.24) is 10.3 Å². The van der Waals surface area contributed by atoms with Gasteiger partial charge in [-0.1, -0.05) is 0 Å². The zero-order chi connectivity index (χ0) is 14.5. The number of carbonyl (C=O) groups excluding carboxylic acids is 1.